The standard InChI is InChI=1S/C20H21N3O3/c1-4-9-26-15-6-7-17(14(3)10-15)22-19(24)16-11-21-18-8-5-13(2)12-23(18)20(16)25/h5-8,10-12H,4,9H2,1-3H3,(H,22,24). The van der Waals surface area contributed by atoms with Crippen molar-refractivity contribution in [3.63, 3.8) is 0 Å². The third-order valence-corrected chi connectivity index (χ3v) is 4.01. The Kier molecular flexibility index (Phi) is 5.02. The van der Waals surface area contributed by atoms with Crippen molar-refractivity contribution in [2.75, 3.05) is 11.9 Å². The van der Waals surface area contributed by atoms with Crippen molar-refractivity contribution in [1.29, 1.82) is 0 Å². The quantitative estimate of drug-likeness (QED) is 0.765. The Labute approximate surface area is 151 Å². The fraction of sp³-hybridized carbons (Fsp3) is 0.250. The number of pyridine rings is 1. The first-order valence-electron chi connectivity index (χ1n) is 8.52. The molecule has 2 heterocycles. The number of ether oxygens (including phenoxy) is 1. The number of nitrogens with zero attached hydrogens (tertiary/aromatic N) is 2. The number of aromatic nitrogens is 2. The average Bonchev–Trinajstić information content (AvgIpc) is 2.62. The first kappa shape index (κ1) is 17.7. The third kappa shape index (κ3) is 3.59. The normalized spacial score (nSPS) is 10.7. The fourth-order valence-corrected chi connectivity index (χ4v) is 2.61. The number of nitrogens with one attached hydrogen (secondary N) is 1. The monoisotopic (exact) mass is 351 g/mol. The van der Waals surface area contributed by atoms with Gasteiger partial charge >= 0.3 is 0 Å². The molecular weight excluding hydrogens is 330 g/mol. The molecule has 0 fully saturated rings. The molecule has 0 spiro atoms. The Morgan fingerprint density at radius 1 is 1.23 bits per heavy atom. The van der Waals surface area contributed by atoms with Crippen molar-refractivity contribution in [2.24, 2.45) is 0 Å². The number of aryl methyl sites for hydroxylation is 2. The van der Waals surface area contributed by atoms with Crippen LogP contribution in [0.5, 0.6) is 5.75 Å². The largest absolute Gasteiger partial charge is 0.494 e. The number of amides is 1. The van der Waals surface area contributed by atoms with Gasteiger partial charge in [0.25, 0.3) is 11.5 Å². The zero-order chi connectivity index (χ0) is 18.7. The maximum atomic E-state index is 12.6. The van der Waals surface area contributed by atoms with E-state index in [1.165, 1.54) is 10.6 Å². The number of hydrogen-bond acceptors (Lipinski definition) is 4. The van der Waals surface area contributed by atoms with Gasteiger partial charge < -0.3 is 10.1 Å². The van der Waals surface area contributed by atoms with Crippen molar-refractivity contribution in [1.82, 2.24) is 9.38 Å². The molecule has 0 atom stereocenters. The average molecular weight is 351 g/mol. The van der Waals surface area contributed by atoms with Crippen molar-refractivity contribution >= 4 is 17.2 Å². The summed E-state index contributed by atoms with van der Waals surface area (Å²) in [6.07, 6.45) is 3.92. The summed E-state index contributed by atoms with van der Waals surface area (Å²) in [7, 11) is 0. The minimum atomic E-state index is -0.483. The molecule has 134 valence electrons. The summed E-state index contributed by atoms with van der Waals surface area (Å²) in [5.41, 5.74) is 2.52. The predicted molar refractivity (Wildman–Crippen MR) is 101 cm³/mol. The molecule has 0 aliphatic heterocycles. The molecule has 1 N–H and O–H groups in total. The Morgan fingerprint density at radius 2 is 2.04 bits per heavy atom. The Bertz CT molecular complexity index is 1020. The minimum absolute atomic E-state index is 0.00110. The molecule has 1 amide bonds. The summed E-state index contributed by atoms with van der Waals surface area (Å²) in [6, 6.07) is 9.05. The van der Waals surface area contributed by atoms with E-state index < -0.39 is 11.5 Å². The van der Waals surface area contributed by atoms with Crippen LogP contribution in [-0.2, 0) is 0 Å². The molecule has 0 aliphatic carbocycles. The van der Waals surface area contributed by atoms with E-state index in [1.807, 2.05) is 32.9 Å². The highest BCUT2D eigenvalue weighted by molar-refractivity contribution is 6.04. The van der Waals surface area contributed by atoms with Gasteiger partial charge in [0.15, 0.2) is 0 Å². The summed E-state index contributed by atoms with van der Waals surface area (Å²) in [5, 5.41) is 2.78. The molecule has 3 rings (SSSR count). The molecule has 26 heavy (non-hydrogen) atoms. The van der Waals surface area contributed by atoms with Crippen LogP contribution in [0.25, 0.3) is 5.65 Å². The van der Waals surface area contributed by atoms with E-state index in [1.54, 1.807) is 24.4 Å². The minimum Gasteiger partial charge on any atom is -0.494 e. The first-order valence-corrected chi connectivity index (χ1v) is 8.52. The van der Waals surface area contributed by atoms with Gasteiger partial charge in [0, 0.05) is 18.1 Å². The molecule has 0 saturated heterocycles. The molecule has 1 aromatic carbocycles. The number of anilines is 1. The van der Waals surface area contributed by atoms with Crippen molar-refractivity contribution in [3.05, 3.63) is 69.8 Å². The zero-order valence-electron chi connectivity index (χ0n) is 15.1. The highest BCUT2D eigenvalue weighted by Crippen LogP contribution is 2.22. The Balaban J connectivity index is 1.87. The fourth-order valence-electron chi connectivity index (χ4n) is 2.61. The molecule has 0 bridgehead atoms. The number of hydrogen-bond donors (Lipinski definition) is 1. The van der Waals surface area contributed by atoms with Crippen molar-refractivity contribution in [2.45, 2.75) is 27.2 Å². The molecular formula is C20H21N3O3. The second kappa shape index (κ2) is 7.39. The number of benzene rings is 1. The number of fused-ring (bicyclic) bond motifs is 1. The molecule has 6 nitrogen and oxygen atoms in total. The van der Waals surface area contributed by atoms with E-state index in [0.717, 1.165) is 23.3 Å². The molecule has 0 radical (unpaired) electrons. The second-order valence-corrected chi connectivity index (χ2v) is 6.19. The predicted octanol–water partition coefficient (Wildman–Crippen LogP) is 3.35. The number of carbonyl (C=O) groups excluding carboxylic acids is 1. The Morgan fingerprint density at radius 3 is 2.77 bits per heavy atom. The lowest BCUT2D eigenvalue weighted by molar-refractivity contribution is 0.102. The third-order valence-electron chi connectivity index (χ3n) is 4.01. The molecule has 3 aromatic rings. The van der Waals surface area contributed by atoms with E-state index in [4.69, 9.17) is 4.74 Å². The Hall–Kier alpha value is -3.15. The van der Waals surface area contributed by atoms with E-state index in [9.17, 15) is 9.59 Å². The summed E-state index contributed by atoms with van der Waals surface area (Å²) in [4.78, 5) is 29.4. The molecule has 0 saturated carbocycles. The van der Waals surface area contributed by atoms with Gasteiger partial charge in [-0.05, 0) is 55.7 Å². The number of carbonyl (C=O) groups is 1. The van der Waals surface area contributed by atoms with Gasteiger partial charge in [0.2, 0.25) is 0 Å². The summed E-state index contributed by atoms with van der Waals surface area (Å²) < 4.78 is 6.97. The lowest BCUT2D eigenvalue weighted by Crippen LogP contribution is -2.27. The van der Waals surface area contributed by atoms with Gasteiger partial charge in [-0.3, -0.25) is 14.0 Å². The highest BCUT2D eigenvalue weighted by Gasteiger charge is 2.14. The molecule has 0 aliphatic rings. The lowest BCUT2D eigenvalue weighted by atomic mass is 10.1. The van der Waals surface area contributed by atoms with Crippen LogP contribution < -0.4 is 15.6 Å². The van der Waals surface area contributed by atoms with Gasteiger partial charge in [0.05, 0.1) is 6.61 Å². The summed E-state index contributed by atoms with van der Waals surface area (Å²) in [6.45, 7) is 6.44. The maximum absolute atomic E-state index is 12.6. The van der Waals surface area contributed by atoms with Gasteiger partial charge in [-0.2, -0.15) is 0 Å². The van der Waals surface area contributed by atoms with Crippen molar-refractivity contribution < 1.29 is 9.53 Å². The van der Waals surface area contributed by atoms with Crippen LogP contribution in [0.1, 0.15) is 34.8 Å². The SMILES string of the molecule is CCCOc1ccc(NC(=O)c2cnc3ccc(C)cn3c2=O)c(C)c1. The van der Waals surface area contributed by atoms with Crippen LogP contribution in [0.4, 0.5) is 5.69 Å². The van der Waals surface area contributed by atoms with Crippen LogP contribution in [0.2, 0.25) is 0 Å². The molecule has 0 unspecified atom stereocenters. The topological polar surface area (TPSA) is 72.7 Å². The van der Waals surface area contributed by atoms with Crippen LogP contribution >= 0.6 is 0 Å². The van der Waals surface area contributed by atoms with Crippen molar-refractivity contribution in [3.8, 4) is 5.75 Å². The first-order chi connectivity index (χ1) is 12.5. The summed E-state index contributed by atoms with van der Waals surface area (Å²) in [5.74, 6) is 0.272. The van der Waals surface area contributed by atoms with Gasteiger partial charge in [-0.25, -0.2) is 4.98 Å². The smallest absolute Gasteiger partial charge is 0.270 e. The molecule has 6 heteroatoms. The van der Waals surface area contributed by atoms with Crippen LogP contribution in [-0.4, -0.2) is 21.9 Å². The highest BCUT2D eigenvalue weighted by atomic mass is 16.5. The lowest BCUT2D eigenvalue weighted by Gasteiger charge is -2.11. The van der Waals surface area contributed by atoms with E-state index in [0.29, 0.717) is 17.9 Å². The molecule has 2 aromatic heterocycles. The van der Waals surface area contributed by atoms with Gasteiger partial charge in [-0.15, -0.1) is 0 Å². The van der Waals surface area contributed by atoms with Crippen LogP contribution in [0.15, 0.2) is 47.5 Å². The van der Waals surface area contributed by atoms with Crippen LogP contribution in [0.3, 0.4) is 0 Å². The van der Waals surface area contributed by atoms with E-state index in [2.05, 4.69) is 10.3 Å². The van der Waals surface area contributed by atoms with E-state index >= 15 is 0 Å². The second-order valence-electron chi connectivity index (χ2n) is 6.19. The van der Waals surface area contributed by atoms with Crippen LogP contribution in [0, 0.1) is 13.8 Å². The summed E-state index contributed by atoms with van der Waals surface area (Å²) >= 11 is 0. The van der Waals surface area contributed by atoms with Gasteiger partial charge in [0.1, 0.15) is 17.0 Å². The van der Waals surface area contributed by atoms with Gasteiger partial charge in [-0.1, -0.05) is 13.0 Å². The maximum Gasteiger partial charge on any atom is 0.270 e. The zero-order valence-corrected chi connectivity index (χ0v) is 15.1. The number of rotatable bonds is 5. The van der Waals surface area contributed by atoms with E-state index in [-0.39, 0.29) is 5.56 Å².